The van der Waals surface area contributed by atoms with Gasteiger partial charge in [0.1, 0.15) is 5.69 Å². The molecule has 0 radical (unpaired) electrons. The first-order valence-corrected chi connectivity index (χ1v) is 7.78. The Balaban J connectivity index is 1.81. The van der Waals surface area contributed by atoms with E-state index in [1.54, 1.807) is 6.20 Å². The number of nitrogens with zero attached hydrogens (tertiary/aromatic N) is 4. The normalized spacial score (nSPS) is 11.2. The Morgan fingerprint density at radius 2 is 1.46 bits per heavy atom. The Kier molecular flexibility index (Phi) is 3.78. The molecule has 4 nitrogen and oxygen atoms in total. The fourth-order valence-corrected chi connectivity index (χ4v) is 2.58. The molecule has 2 heterocycles. The van der Waals surface area contributed by atoms with Crippen molar-refractivity contribution in [1.29, 1.82) is 0 Å². The highest BCUT2D eigenvalue weighted by Crippen LogP contribution is 2.26. The lowest BCUT2D eigenvalue weighted by Gasteiger charge is -2.09. The molecule has 2 aromatic heterocycles. The third kappa shape index (κ3) is 2.77. The molecule has 0 aliphatic carbocycles. The van der Waals surface area contributed by atoms with Gasteiger partial charge in [0.05, 0.1) is 11.9 Å². The Bertz CT molecular complexity index is 936. The third-order valence-electron chi connectivity index (χ3n) is 3.73. The summed E-state index contributed by atoms with van der Waals surface area (Å²) in [5.74, 6) is 0.915. The third-order valence-corrected chi connectivity index (χ3v) is 3.73. The molecule has 0 saturated heterocycles. The van der Waals surface area contributed by atoms with Crippen molar-refractivity contribution < 1.29 is 0 Å². The van der Waals surface area contributed by atoms with Gasteiger partial charge in [0.25, 0.3) is 0 Å². The number of aliphatic imine (C=N–C) groups is 1. The number of rotatable bonds is 4. The summed E-state index contributed by atoms with van der Waals surface area (Å²) in [6.45, 7) is 0. The zero-order valence-electron chi connectivity index (χ0n) is 13.0. The SMILES string of the molecule is C(=Nc1cnn(-c2ccccc2)c1-n1cccc1)c1ccccc1. The topological polar surface area (TPSA) is 35.1 Å². The molecule has 0 bridgehead atoms. The molecule has 0 aliphatic rings. The van der Waals surface area contributed by atoms with Gasteiger partial charge in [-0.15, -0.1) is 0 Å². The predicted octanol–water partition coefficient (Wildman–Crippen LogP) is 4.41. The van der Waals surface area contributed by atoms with Crippen LogP contribution in [0.2, 0.25) is 0 Å². The molecule has 116 valence electrons. The van der Waals surface area contributed by atoms with Crippen molar-refractivity contribution in [2.45, 2.75) is 0 Å². The Morgan fingerprint density at radius 1 is 0.792 bits per heavy atom. The Morgan fingerprint density at radius 3 is 2.17 bits per heavy atom. The number of benzene rings is 2. The van der Waals surface area contributed by atoms with E-state index in [1.807, 2.05) is 101 Å². The van der Waals surface area contributed by atoms with E-state index >= 15 is 0 Å². The van der Waals surface area contributed by atoms with Crippen molar-refractivity contribution in [2.24, 2.45) is 4.99 Å². The van der Waals surface area contributed by atoms with Crippen molar-refractivity contribution in [3.8, 4) is 11.5 Å². The van der Waals surface area contributed by atoms with Gasteiger partial charge in [0, 0.05) is 18.6 Å². The second-order valence-corrected chi connectivity index (χ2v) is 5.36. The summed E-state index contributed by atoms with van der Waals surface area (Å²) >= 11 is 0. The number of hydrogen-bond acceptors (Lipinski definition) is 2. The highest BCUT2D eigenvalue weighted by molar-refractivity contribution is 5.82. The van der Waals surface area contributed by atoms with Gasteiger partial charge < -0.3 is 4.57 Å². The molecule has 0 aliphatic heterocycles. The maximum atomic E-state index is 4.65. The molecule has 24 heavy (non-hydrogen) atoms. The smallest absolute Gasteiger partial charge is 0.166 e. The molecule has 4 heteroatoms. The van der Waals surface area contributed by atoms with Gasteiger partial charge in [-0.3, -0.25) is 4.99 Å². The van der Waals surface area contributed by atoms with Crippen LogP contribution in [0.4, 0.5) is 5.69 Å². The van der Waals surface area contributed by atoms with E-state index in [2.05, 4.69) is 10.1 Å². The quantitative estimate of drug-likeness (QED) is 0.514. The summed E-state index contributed by atoms with van der Waals surface area (Å²) in [4.78, 5) is 4.65. The van der Waals surface area contributed by atoms with Gasteiger partial charge in [0.15, 0.2) is 5.82 Å². The molecular formula is C20H16N4. The fraction of sp³-hybridized carbons (Fsp3) is 0. The van der Waals surface area contributed by atoms with Crippen LogP contribution in [0.3, 0.4) is 0 Å². The largest absolute Gasteiger partial charge is 0.307 e. The van der Waals surface area contributed by atoms with Crippen LogP contribution in [0.5, 0.6) is 0 Å². The summed E-state index contributed by atoms with van der Waals surface area (Å²) < 4.78 is 3.93. The Labute approximate surface area is 140 Å². The van der Waals surface area contributed by atoms with Gasteiger partial charge in [-0.05, 0) is 29.8 Å². The molecular weight excluding hydrogens is 296 g/mol. The minimum absolute atomic E-state index is 0.818. The molecule has 0 fully saturated rings. The van der Waals surface area contributed by atoms with Crippen LogP contribution in [0.15, 0.2) is 96.4 Å². The average Bonchev–Trinajstić information content (AvgIpc) is 3.31. The zero-order valence-corrected chi connectivity index (χ0v) is 13.0. The Hall–Kier alpha value is -3.40. The second kappa shape index (κ2) is 6.38. The van der Waals surface area contributed by atoms with Crippen LogP contribution in [-0.2, 0) is 0 Å². The van der Waals surface area contributed by atoms with Gasteiger partial charge in [0.2, 0.25) is 0 Å². The minimum atomic E-state index is 0.818. The van der Waals surface area contributed by atoms with E-state index in [0.29, 0.717) is 0 Å². The van der Waals surface area contributed by atoms with Gasteiger partial charge in [-0.25, -0.2) is 4.68 Å². The molecule has 0 spiro atoms. The standard InChI is InChI=1S/C20H16N4/c1-3-9-17(10-4-1)15-21-19-16-22-24(18-11-5-2-6-12-18)20(19)23-13-7-8-14-23/h1-16H. The molecule has 0 unspecified atom stereocenters. The molecule has 4 aromatic rings. The first kappa shape index (κ1) is 14.2. The van der Waals surface area contributed by atoms with Crippen molar-refractivity contribution in [2.75, 3.05) is 0 Å². The van der Waals surface area contributed by atoms with Crippen molar-refractivity contribution in [1.82, 2.24) is 14.3 Å². The molecule has 0 atom stereocenters. The predicted molar refractivity (Wildman–Crippen MR) is 96.6 cm³/mol. The van der Waals surface area contributed by atoms with E-state index in [0.717, 1.165) is 22.8 Å². The fourth-order valence-electron chi connectivity index (χ4n) is 2.58. The van der Waals surface area contributed by atoms with Crippen LogP contribution in [-0.4, -0.2) is 20.6 Å². The van der Waals surface area contributed by atoms with Crippen LogP contribution in [0.25, 0.3) is 11.5 Å². The molecule has 0 saturated carbocycles. The second-order valence-electron chi connectivity index (χ2n) is 5.36. The van der Waals surface area contributed by atoms with E-state index in [4.69, 9.17) is 0 Å². The van der Waals surface area contributed by atoms with Gasteiger partial charge in [-0.1, -0.05) is 48.5 Å². The summed E-state index contributed by atoms with van der Waals surface area (Å²) in [6.07, 6.45) is 7.65. The summed E-state index contributed by atoms with van der Waals surface area (Å²) in [5.41, 5.74) is 2.88. The van der Waals surface area contributed by atoms with Crippen LogP contribution >= 0.6 is 0 Å². The first-order valence-electron chi connectivity index (χ1n) is 7.78. The van der Waals surface area contributed by atoms with Crippen molar-refractivity contribution in [3.05, 3.63) is 97.0 Å². The first-order chi connectivity index (χ1) is 11.9. The number of para-hydroxylation sites is 1. The summed E-state index contributed by atoms with van der Waals surface area (Å²) in [6, 6.07) is 24.1. The van der Waals surface area contributed by atoms with Crippen molar-refractivity contribution >= 4 is 11.9 Å². The lowest BCUT2D eigenvalue weighted by atomic mass is 10.2. The maximum Gasteiger partial charge on any atom is 0.166 e. The van der Waals surface area contributed by atoms with Crippen LogP contribution in [0, 0.1) is 0 Å². The van der Waals surface area contributed by atoms with E-state index in [-0.39, 0.29) is 0 Å². The maximum absolute atomic E-state index is 4.65. The van der Waals surface area contributed by atoms with Crippen LogP contribution < -0.4 is 0 Å². The van der Waals surface area contributed by atoms with Crippen LogP contribution in [0.1, 0.15) is 5.56 Å². The summed E-state index contributed by atoms with van der Waals surface area (Å²) in [5, 5.41) is 4.54. The molecule has 4 rings (SSSR count). The lowest BCUT2D eigenvalue weighted by Crippen LogP contribution is -2.03. The number of hydrogen-bond donors (Lipinski definition) is 0. The van der Waals surface area contributed by atoms with Crippen molar-refractivity contribution in [3.63, 3.8) is 0 Å². The lowest BCUT2D eigenvalue weighted by molar-refractivity contribution is 0.824. The molecule has 0 N–H and O–H groups in total. The van der Waals surface area contributed by atoms with E-state index < -0.39 is 0 Å². The number of aromatic nitrogens is 3. The zero-order chi connectivity index (χ0) is 16.2. The van der Waals surface area contributed by atoms with E-state index in [1.165, 1.54) is 0 Å². The van der Waals surface area contributed by atoms with E-state index in [9.17, 15) is 0 Å². The van der Waals surface area contributed by atoms with Gasteiger partial charge in [-0.2, -0.15) is 5.10 Å². The monoisotopic (exact) mass is 312 g/mol. The molecule has 2 aromatic carbocycles. The highest BCUT2D eigenvalue weighted by atomic mass is 15.3. The summed E-state index contributed by atoms with van der Waals surface area (Å²) in [7, 11) is 0. The van der Waals surface area contributed by atoms with Gasteiger partial charge >= 0.3 is 0 Å². The minimum Gasteiger partial charge on any atom is -0.307 e. The molecule has 0 amide bonds. The average molecular weight is 312 g/mol. The highest BCUT2D eigenvalue weighted by Gasteiger charge is 2.12.